The fraction of sp³-hybridized carbons (Fsp3) is 0.524. The van der Waals surface area contributed by atoms with Crippen molar-refractivity contribution in [2.24, 2.45) is 12.8 Å². The molecule has 1 amide bonds. The van der Waals surface area contributed by atoms with Crippen LogP contribution in [0.1, 0.15) is 59.2 Å². The zero-order valence-electron chi connectivity index (χ0n) is 17.8. The Morgan fingerprint density at radius 1 is 1.38 bits per heavy atom. The molecule has 1 saturated heterocycles. The predicted molar refractivity (Wildman–Crippen MR) is 118 cm³/mol. The molecule has 1 aliphatic heterocycles. The Morgan fingerprint density at radius 2 is 2.22 bits per heavy atom. The summed E-state index contributed by atoms with van der Waals surface area (Å²) in [5, 5.41) is 17.2. The molecule has 11 heteroatoms. The van der Waals surface area contributed by atoms with Crippen molar-refractivity contribution in [3.8, 4) is 10.7 Å². The number of carbonyl (C=O) groups excluding carboxylic acids is 1. The van der Waals surface area contributed by atoms with Gasteiger partial charge in [0.2, 0.25) is 0 Å². The van der Waals surface area contributed by atoms with Gasteiger partial charge in [0.25, 0.3) is 5.91 Å². The van der Waals surface area contributed by atoms with Crippen LogP contribution in [0.25, 0.3) is 10.7 Å². The second kappa shape index (κ2) is 8.72. The van der Waals surface area contributed by atoms with Gasteiger partial charge in [-0.1, -0.05) is 0 Å². The van der Waals surface area contributed by atoms with Crippen molar-refractivity contribution in [1.82, 2.24) is 25.0 Å². The fourth-order valence-electron chi connectivity index (χ4n) is 4.41. The van der Waals surface area contributed by atoms with E-state index in [1.807, 2.05) is 0 Å². The van der Waals surface area contributed by atoms with Crippen molar-refractivity contribution < 1.29 is 13.9 Å². The van der Waals surface area contributed by atoms with Crippen molar-refractivity contribution in [3.05, 3.63) is 34.2 Å². The van der Waals surface area contributed by atoms with Crippen LogP contribution in [0.4, 0.5) is 10.1 Å². The van der Waals surface area contributed by atoms with E-state index in [1.165, 1.54) is 22.6 Å². The van der Waals surface area contributed by atoms with E-state index in [0.29, 0.717) is 29.9 Å². The lowest BCUT2D eigenvalue weighted by Crippen LogP contribution is -2.32. The number of rotatable bonds is 4. The monoisotopic (exact) mass is 459 g/mol. The molecule has 0 spiro atoms. The molecule has 3 aromatic heterocycles. The normalized spacial score (nSPS) is 23.5. The molecule has 0 radical (unpaired) electrons. The standard InChI is InChI=1S/C21H26FN7O2S/c1-29-19(17-7-6-13(23)12(22)9-31-17)15(8-24-29)25-20(30)16-10-32-21(26-16)18-11-4-2-3-5-14(11)27-28-18/h8,10,12-13,17H,2-7,9,23H2,1H3,(H,25,30)(H,27,28)/t12-,13-,17+/m1/s1. The number of aryl methyl sites for hydroxylation is 2. The summed E-state index contributed by atoms with van der Waals surface area (Å²) in [4.78, 5) is 17.5. The number of ether oxygens (including phenoxy) is 1. The summed E-state index contributed by atoms with van der Waals surface area (Å²) in [5.41, 5.74) is 10.6. The number of aromatic nitrogens is 5. The van der Waals surface area contributed by atoms with Crippen molar-refractivity contribution in [1.29, 1.82) is 0 Å². The number of H-pyrrole nitrogens is 1. The van der Waals surface area contributed by atoms with E-state index in [-0.39, 0.29) is 12.5 Å². The number of hydrogen-bond donors (Lipinski definition) is 3. The third-order valence-corrected chi connectivity index (χ3v) is 7.07. The van der Waals surface area contributed by atoms with Crippen LogP contribution in [0.5, 0.6) is 0 Å². The van der Waals surface area contributed by atoms with E-state index < -0.39 is 18.3 Å². The number of halogens is 1. The predicted octanol–water partition coefficient (Wildman–Crippen LogP) is 2.91. The largest absolute Gasteiger partial charge is 0.369 e. The number of carbonyl (C=O) groups is 1. The zero-order valence-corrected chi connectivity index (χ0v) is 18.6. The molecule has 9 nitrogen and oxygen atoms in total. The minimum atomic E-state index is -1.20. The van der Waals surface area contributed by atoms with E-state index in [0.717, 1.165) is 36.4 Å². The van der Waals surface area contributed by atoms with Gasteiger partial charge in [-0.05, 0) is 38.5 Å². The third-order valence-electron chi connectivity index (χ3n) is 6.22. The molecule has 4 N–H and O–H groups in total. The second-order valence-corrected chi connectivity index (χ2v) is 9.23. The number of hydrogen-bond acceptors (Lipinski definition) is 7. The first kappa shape index (κ1) is 21.2. The summed E-state index contributed by atoms with van der Waals surface area (Å²) < 4.78 is 21.4. The van der Waals surface area contributed by atoms with Crippen LogP contribution >= 0.6 is 11.3 Å². The maximum absolute atomic E-state index is 14.0. The SMILES string of the molecule is Cn1ncc(NC(=O)c2csc(-c3n[nH]c4c3CCCC4)n2)c1[C@@H]1CC[C@@H](N)[C@H](F)CO1. The minimum absolute atomic E-state index is 0.0756. The molecular weight excluding hydrogens is 433 g/mol. The Hall–Kier alpha value is -2.63. The van der Waals surface area contributed by atoms with E-state index >= 15 is 0 Å². The molecule has 0 aromatic carbocycles. The molecule has 0 bridgehead atoms. The van der Waals surface area contributed by atoms with E-state index in [9.17, 15) is 9.18 Å². The highest BCUT2D eigenvalue weighted by molar-refractivity contribution is 7.13. The third kappa shape index (κ3) is 3.96. The van der Waals surface area contributed by atoms with Crippen LogP contribution in [0, 0.1) is 0 Å². The average molecular weight is 460 g/mol. The van der Waals surface area contributed by atoms with Gasteiger partial charge in [-0.15, -0.1) is 11.3 Å². The molecule has 1 aliphatic carbocycles. The molecule has 170 valence electrons. The molecule has 1 fully saturated rings. The molecule has 4 heterocycles. The molecule has 0 unspecified atom stereocenters. The summed E-state index contributed by atoms with van der Waals surface area (Å²) >= 11 is 1.40. The van der Waals surface area contributed by atoms with E-state index in [1.54, 1.807) is 23.3 Å². The van der Waals surface area contributed by atoms with Gasteiger partial charge in [0.15, 0.2) is 0 Å². The number of amides is 1. The number of nitrogens with one attached hydrogen (secondary N) is 2. The Morgan fingerprint density at radius 3 is 3.09 bits per heavy atom. The van der Waals surface area contributed by atoms with Gasteiger partial charge in [0, 0.05) is 29.7 Å². The quantitative estimate of drug-likeness (QED) is 0.551. The van der Waals surface area contributed by atoms with Crippen LogP contribution in [-0.2, 0) is 24.6 Å². The first-order valence-corrected chi connectivity index (χ1v) is 11.8. The van der Waals surface area contributed by atoms with Crippen molar-refractivity contribution in [2.45, 2.75) is 56.8 Å². The zero-order chi connectivity index (χ0) is 22.2. The van der Waals surface area contributed by atoms with Gasteiger partial charge in [0.05, 0.1) is 24.2 Å². The van der Waals surface area contributed by atoms with Gasteiger partial charge in [-0.2, -0.15) is 10.2 Å². The lowest BCUT2D eigenvalue weighted by Gasteiger charge is -2.17. The van der Waals surface area contributed by atoms with Crippen molar-refractivity contribution in [2.75, 3.05) is 11.9 Å². The number of fused-ring (bicyclic) bond motifs is 1. The van der Waals surface area contributed by atoms with Gasteiger partial charge in [-0.25, -0.2) is 9.37 Å². The molecule has 5 rings (SSSR count). The number of nitrogens with two attached hydrogens (primary N) is 1. The van der Waals surface area contributed by atoms with Gasteiger partial charge < -0.3 is 15.8 Å². The fourth-order valence-corrected chi connectivity index (χ4v) is 5.23. The molecule has 3 aromatic rings. The topological polar surface area (TPSA) is 124 Å². The first-order valence-electron chi connectivity index (χ1n) is 10.9. The smallest absolute Gasteiger partial charge is 0.275 e. The Balaban J connectivity index is 1.34. The maximum Gasteiger partial charge on any atom is 0.275 e. The Bertz CT molecular complexity index is 1110. The minimum Gasteiger partial charge on any atom is -0.369 e. The molecule has 3 atom stereocenters. The Labute approximate surface area is 188 Å². The number of anilines is 1. The highest BCUT2D eigenvalue weighted by Crippen LogP contribution is 2.34. The number of alkyl halides is 1. The van der Waals surface area contributed by atoms with E-state index in [4.69, 9.17) is 10.5 Å². The lowest BCUT2D eigenvalue weighted by atomic mass is 9.96. The Kier molecular flexibility index (Phi) is 5.78. The first-order chi connectivity index (χ1) is 15.5. The number of thiazole rings is 1. The van der Waals surface area contributed by atoms with Crippen LogP contribution in [0.3, 0.4) is 0 Å². The highest BCUT2D eigenvalue weighted by Gasteiger charge is 2.30. The summed E-state index contributed by atoms with van der Waals surface area (Å²) in [5.74, 6) is -0.333. The van der Waals surface area contributed by atoms with Gasteiger partial charge in [0.1, 0.15) is 28.7 Å². The summed E-state index contributed by atoms with van der Waals surface area (Å²) in [6, 6.07) is -0.549. The van der Waals surface area contributed by atoms with Crippen LogP contribution in [0.15, 0.2) is 11.6 Å². The maximum atomic E-state index is 14.0. The van der Waals surface area contributed by atoms with E-state index in [2.05, 4.69) is 25.6 Å². The van der Waals surface area contributed by atoms with Gasteiger partial charge >= 0.3 is 0 Å². The summed E-state index contributed by atoms with van der Waals surface area (Å²) in [6.45, 7) is -0.0756. The van der Waals surface area contributed by atoms with Crippen LogP contribution in [-0.4, -0.2) is 49.7 Å². The average Bonchev–Trinajstić information content (AvgIpc) is 3.50. The van der Waals surface area contributed by atoms with Crippen LogP contribution < -0.4 is 11.1 Å². The number of aromatic amines is 1. The molecule has 0 saturated carbocycles. The second-order valence-electron chi connectivity index (χ2n) is 8.37. The van der Waals surface area contributed by atoms with Gasteiger partial charge in [-0.3, -0.25) is 14.6 Å². The molecule has 32 heavy (non-hydrogen) atoms. The molecular formula is C21H26FN7O2S. The summed E-state index contributed by atoms with van der Waals surface area (Å²) in [6.07, 6.45) is 5.30. The number of nitrogens with zero attached hydrogens (tertiary/aromatic N) is 4. The summed E-state index contributed by atoms with van der Waals surface area (Å²) in [7, 11) is 1.77. The van der Waals surface area contributed by atoms with Crippen molar-refractivity contribution >= 4 is 22.9 Å². The van der Waals surface area contributed by atoms with Crippen LogP contribution in [0.2, 0.25) is 0 Å². The highest BCUT2D eigenvalue weighted by atomic mass is 32.1. The lowest BCUT2D eigenvalue weighted by molar-refractivity contribution is 0.0247. The van der Waals surface area contributed by atoms with Crippen molar-refractivity contribution in [3.63, 3.8) is 0 Å². The molecule has 2 aliphatic rings.